The van der Waals surface area contributed by atoms with Crippen LogP contribution in [0.15, 0.2) is 18.2 Å². The van der Waals surface area contributed by atoms with Crippen molar-refractivity contribution < 1.29 is 19.1 Å². The van der Waals surface area contributed by atoms with E-state index < -0.39 is 23.9 Å². The third kappa shape index (κ3) is 6.22. The second-order valence-corrected chi connectivity index (χ2v) is 5.66. The number of aliphatic carboxylic acids is 1. The Hall–Kier alpha value is -1.47. The van der Waals surface area contributed by atoms with Crippen molar-refractivity contribution in [3.05, 3.63) is 34.6 Å². The zero-order chi connectivity index (χ0) is 15.8. The molecule has 0 heterocycles. The van der Waals surface area contributed by atoms with Crippen LogP contribution in [0.4, 0.5) is 9.18 Å². The Morgan fingerprint density at radius 2 is 2.19 bits per heavy atom. The first-order valence-corrected chi connectivity index (χ1v) is 7.91. The molecule has 0 aliphatic rings. The summed E-state index contributed by atoms with van der Waals surface area (Å²) in [5, 5.41) is 14.0. The molecule has 0 saturated carbocycles. The lowest BCUT2D eigenvalue weighted by molar-refractivity contribution is -0.139. The van der Waals surface area contributed by atoms with E-state index in [0.29, 0.717) is 12.2 Å². The first-order valence-electron chi connectivity index (χ1n) is 6.14. The standard InChI is InChI=1S/C13H16ClFN2O3S/c1-21-5-4-11(12(18)19)17-13(20)16-7-8-2-3-9(14)6-10(8)15/h2-3,6,11H,4-5,7H2,1H3,(H,18,19)(H2,16,17,20). The van der Waals surface area contributed by atoms with Gasteiger partial charge in [0, 0.05) is 17.1 Å². The molecule has 1 atom stereocenters. The fourth-order valence-corrected chi connectivity index (χ4v) is 2.17. The smallest absolute Gasteiger partial charge is 0.326 e. The van der Waals surface area contributed by atoms with Crippen molar-refractivity contribution in [3.63, 3.8) is 0 Å². The van der Waals surface area contributed by atoms with E-state index in [1.54, 1.807) is 0 Å². The number of carboxylic acids is 1. The highest BCUT2D eigenvalue weighted by molar-refractivity contribution is 7.98. The number of urea groups is 1. The lowest BCUT2D eigenvalue weighted by Gasteiger charge is -2.14. The van der Waals surface area contributed by atoms with E-state index in [1.165, 1.54) is 23.9 Å². The normalized spacial score (nSPS) is 11.8. The Kier molecular flexibility index (Phi) is 7.31. The first kappa shape index (κ1) is 17.6. The molecule has 5 nitrogen and oxygen atoms in total. The number of carbonyl (C=O) groups excluding carboxylic acids is 1. The van der Waals surface area contributed by atoms with Crippen molar-refractivity contribution in [1.82, 2.24) is 10.6 Å². The monoisotopic (exact) mass is 334 g/mol. The molecule has 0 aromatic heterocycles. The molecule has 116 valence electrons. The molecule has 1 rings (SSSR count). The Labute approximate surface area is 131 Å². The molecular formula is C13H16ClFN2O3S. The topological polar surface area (TPSA) is 78.4 Å². The van der Waals surface area contributed by atoms with Crippen molar-refractivity contribution in [1.29, 1.82) is 0 Å². The van der Waals surface area contributed by atoms with Crippen LogP contribution in [-0.4, -0.2) is 35.2 Å². The minimum atomic E-state index is -1.10. The maximum Gasteiger partial charge on any atom is 0.326 e. The molecule has 1 unspecified atom stereocenters. The Bertz CT molecular complexity index is 516. The van der Waals surface area contributed by atoms with Crippen LogP contribution < -0.4 is 10.6 Å². The van der Waals surface area contributed by atoms with Crippen LogP contribution in [0.2, 0.25) is 5.02 Å². The molecule has 0 bridgehead atoms. The largest absolute Gasteiger partial charge is 0.480 e. The molecule has 3 N–H and O–H groups in total. The molecule has 0 fully saturated rings. The molecule has 21 heavy (non-hydrogen) atoms. The average molecular weight is 335 g/mol. The fraction of sp³-hybridized carbons (Fsp3) is 0.385. The van der Waals surface area contributed by atoms with Gasteiger partial charge >= 0.3 is 12.0 Å². The molecule has 0 spiro atoms. The summed E-state index contributed by atoms with van der Waals surface area (Å²) in [5.74, 6) is -1.01. The first-order chi connectivity index (χ1) is 9.93. The van der Waals surface area contributed by atoms with Gasteiger partial charge in [-0.3, -0.25) is 0 Å². The van der Waals surface area contributed by atoms with Gasteiger partial charge in [-0.25, -0.2) is 14.0 Å². The average Bonchev–Trinajstić information content (AvgIpc) is 2.42. The van der Waals surface area contributed by atoms with E-state index in [2.05, 4.69) is 10.6 Å². The Morgan fingerprint density at radius 3 is 2.76 bits per heavy atom. The van der Waals surface area contributed by atoms with Gasteiger partial charge in [-0.05, 0) is 30.6 Å². The van der Waals surface area contributed by atoms with Crippen molar-refractivity contribution in [2.45, 2.75) is 19.0 Å². The molecule has 1 aromatic carbocycles. The van der Waals surface area contributed by atoms with Gasteiger partial charge in [0.15, 0.2) is 0 Å². The van der Waals surface area contributed by atoms with E-state index in [4.69, 9.17) is 16.7 Å². The molecule has 8 heteroatoms. The highest BCUT2D eigenvalue weighted by Gasteiger charge is 2.19. The van der Waals surface area contributed by atoms with Crippen molar-refractivity contribution in [3.8, 4) is 0 Å². The number of carboxylic acid groups (broad SMARTS) is 1. The van der Waals surface area contributed by atoms with Crippen molar-refractivity contribution >= 4 is 35.4 Å². The minimum absolute atomic E-state index is 0.0519. The zero-order valence-electron chi connectivity index (χ0n) is 11.4. The summed E-state index contributed by atoms with van der Waals surface area (Å²) in [6.45, 7) is -0.0519. The number of nitrogens with one attached hydrogen (secondary N) is 2. The summed E-state index contributed by atoms with van der Waals surface area (Å²) in [4.78, 5) is 22.6. The van der Waals surface area contributed by atoms with E-state index in [0.717, 1.165) is 6.07 Å². The Balaban J connectivity index is 2.50. The summed E-state index contributed by atoms with van der Waals surface area (Å²) < 4.78 is 13.5. The maximum atomic E-state index is 13.5. The molecule has 0 saturated heterocycles. The van der Waals surface area contributed by atoms with Crippen molar-refractivity contribution in [2.24, 2.45) is 0 Å². The molecule has 1 aromatic rings. The number of hydrogen-bond donors (Lipinski definition) is 3. The quantitative estimate of drug-likeness (QED) is 0.716. The van der Waals surface area contributed by atoms with E-state index in [9.17, 15) is 14.0 Å². The Morgan fingerprint density at radius 1 is 1.48 bits per heavy atom. The molecule has 0 radical (unpaired) electrons. The minimum Gasteiger partial charge on any atom is -0.480 e. The van der Waals surface area contributed by atoms with Gasteiger partial charge in [0.2, 0.25) is 0 Å². The molecule has 2 amide bonds. The summed E-state index contributed by atoms with van der Waals surface area (Å²) in [6.07, 6.45) is 2.17. The number of hydrogen-bond acceptors (Lipinski definition) is 3. The lowest BCUT2D eigenvalue weighted by Crippen LogP contribution is -2.46. The summed E-state index contributed by atoms with van der Waals surface area (Å²) in [5.41, 5.74) is 0.269. The second-order valence-electron chi connectivity index (χ2n) is 4.24. The van der Waals surface area contributed by atoms with E-state index in [1.807, 2.05) is 6.26 Å². The molecule has 0 aliphatic heterocycles. The van der Waals surface area contributed by atoms with Crippen LogP contribution in [0.1, 0.15) is 12.0 Å². The van der Waals surface area contributed by atoms with Gasteiger partial charge in [0.25, 0.3) is 0 Å². The number of amides is 2. The predicted molar refractivity (Wildman–Crippen MR) is 81.2 cm³/mol. The van der Waals surface area contributed by atoms with Crippen LogP contribution in [0, 0.1) is 5.82 Å². The van der Waals surface area contributed by atoms with Crippen LogP contribution in [0.3, 0.4) is 0 Å². The van der Waals surface area contributed by atoms with Gasteiger partial charge in [-0.1, -0.05) is 17.7 Å². The van der Waals surface area contributed by atoms with Gasteiger partial charge < -0.3 is 15.7 Å². The van der Waals surface area contributed by atoms with E-state index in [-0.39, 0.29) is 17.1 Å². The third-order valence-electron chi connectivity index (χ3n) is 2.67. The zero-order valence-corrected chi connectivity index (χ0v) is 12.9. The molecule has 0 aliphatic carbocycles. The van der Waals surface area contributed by atoms with Crippen LogP contribution in [0.5, 0.6) is 0 Å². The summed E-state index contributed by atoms with van der Waals surface area (Å²) >= 11 is 7.12. The number of carbonyl (C=O) groups is 2. The number of thioether (sulfide) groups is 1. The highest BCUT2D eigenvalue weighted by Crippen LogP contribution is 2.14. The third-order valence-corrected chi connectivity index (χ3v) is 3.55. The highest BCUT2D eigenvalue weighted by atomic mass is 35.5. The van der Waals surface area contributed by atoms with Gasteiger partial charge in [-0.15, -0.1) is 0 Å². The number of benzene rings is 1. The second kappa shape index (κ2) is 8.74. The SMILES string of the molecule is CSCCC(NC(=O)NCc1ccc(Cl)cc1F)C(=O)O. The van der Waals surface area contributed by atoms with Gasteiger partial charge in [0.05, 0.1) is 0 Å². The lowest BCUT2D eigenvalue weighted by atomic mass is 10.2. The van der Waals surface area contributed by atoms with Crippen LogP contribution >= 0.6 is 23.4 Å². The summed E-state index contributed by atoms with van der Waals surface area (Å²) in [7, 11) is 0. The van der Waals surface area contributed by atoms with E-state index >= 15 is 0 Å². The maximum absolute atomic E-state index is 13.5. The van der Waals surface area contributed by atoms with Gasteiger partial charge in [0.1, 0.15) is 11.9 Å². The van der Waals surface area contributed by atoms with Crippen LogP contribution in [0.25, 0.3) is 0 Å². The number of rotatable bonds is 7. The fourth-order valence-electron chi connectivity index (χ4n) is 1.54. The summed E-state index contributed by atoms with van der Waals surface area (Å²) in [6, 6.07) is 2.50. The van der Waals surface area contributed by atoms with Gasteiger partial charge in [-0.2, -0.15) is 11.8 Å². The molecular weight excluding hydrogens is 319 g/mol. The predicted octanol–water partition coefficient (Wildman–Crippen LogP) is 2.48. The van der Waals surface area contributed by atoms with Crippen molar-refractivity contribution in [2.75, 3.05) is 12.0 Å². The van der Waals surface area contributed by atoms with Crippen LogP contribution in [-0.2, 0) is 11.3 Å². The number of halogens is 2.